The summed E-state index contributed by atoms with van der Waals surface area (Å²) in [7, 11) is 5.20. The van der Waals surface area contributed by atoms with Gasteiger partial charge in [0.2, 0.25) is 0 Å². The zero-order valence-corrected chi connectivity index (χ0v) is 17.1. The number of hydrogen-bond acceptors (Lipinski definition) is 8. The summed E-state index contributed by atoms with van der Waals surface area (Å²) in [6, 6.07) is 9.95. The summed E-state index contributed by atoms with van der Waals surface area (Å²) in [5, 5.41) is 7.65. The van der Waals surface area contributed by atoms with Gasteiger partial charge in [-0.2, -0.15) is 0 Å². The van der Waals surface area contributed by atoms with Gasteiger partial charge in [-0.3, -0.25) is 4.90 Å². The lowest BCUT2D eigenvalue weighted by atomic mass is 10.2. The second kappa shape index (κ2) is 8.73. The molecule has 0 aliphatic carbocycles. The molecule has 0 radical (unpaired) electrons. The first kappa shape index (κ1) is 19.6. The zero-order chi connectivity index (χ0) is 20.2. The van der Waals surface area contributed by atoms with E-state index in [1.165, 1.54) is 0 Å². The molecule has 0 aromatic carbocycles. The lowest BCUT2D eigenvalue weighted by molar-refractivity contribution is -0.116. The van der Waals surface area contributed by atoms with Crippen LogP contribution in [0.1, 0.15) is 0 Å². The van der Waals surface area contributed by atoms with Crippen molar-refractivity contribution in [1.82, 2.24) is 24.5 Å². The van der Waals surface area contributed by atoms with Crippen LogP contribution < -0.4 is 10.2 Å². The normalized spacial score (nSPS) is 15.4. The van der Waals surface area contributed by atoms with Crippen molar-refractivity contribution in [3.8, 4) is 11.4 Å². The zero-order valence-electron chi connectivity index (χ0n) is 17.1. The van der Waals surface area contributed by atoms with Crippen LogP contribution in [0.3, 0.4) is 0 Å². The number of piperazine rings is 1. The smallest absolute Gasteiger partial charge is 0.169 e. The van der Waals surface area contributed by atoms with Crippen LogP contribution in [-0.2, 0) is 9.47 Å². The SMILES string of the molecule is CNc1ccc2ncc(-c3cccc(N4CCN(CC(OC)OC)CC4)n3)n2n1. The van der Waals surface area contributed by atoms with E-state index in [0.29, 0.717) is 0 Å². The van der Waals surface area contributed by atoms with Crippen LogP contribution >= 0.6 is 0 Å². The van der Waals surface area contributed by atoms with E-state index in [-0.39, 0.29) is 6.29 Å². The number of nitrogens with one attached hydrogen (secondary N) is 1. The molecule has 0 atom stereocenters. The number of aromatic nitrogens is 4. The maximum atomic E-state index is 5.31. The van der Waals surface area contributed by atoms with Crippen molar-refractivity contribution in [2.45, 2.75) is 6.29 Å². The number of methoxy groups -OCH3 is 2. The molecule has 1 aliphatic rings. The number of imidazole rings is 1. The maximum Gasteiger partial charge on any atom is 0.169 e. The molecule has 1 aliphatic heterocycles. The van der Waals surface area contributed by atoms with Crippen molar-refractivity contribution in [1.29, 1.82) is 0 Å². The average Bonchev–Trinajstić information content (AvgIpc) is 3.21. The van der Waals surface area contributed by atoms with Crippen molar-refractivity contribution in [3.05, 3.63) is 36.5 Å². The van der Waals surface area contributed by atoms with Crippen LogP contribution in [0.15, 0.2) is 36.5 Å². The minimum Gasteiger partial charge on any atom is -0.372 e. The van der Waals surface area contributed by atoms with Crippen LogP contribution in [-0.4, -0.2) is 84.8 Å². The van der Waals surface area contributed by atoms with Crippen molar-refractivity contribution >= 4 is 17.3 Å². The number of rotatable bonds is 7. The van der Waals surface area contributed by atoms with Gasteiger partial charge in [0, 0.05) is 54.0 Å². The predicted octanol–water partition coefficient (Wildman–Crippen LogP) is 1.57. The highest BCUT2D eigenvalue weighted by molar-refractivity contribution is 5.62. The summed E-state index contributed by atoms with van der Waals surface area (Å²) in [6.45, 7) is 4.48. The summed E-state index contributed by atoms with van der Waals surface area (Å²) in [5.41, 5.74) is 2.53. The van der Waals surface area contributed by atoms with Crippen LogP contribution in [0.25, 0.3) is 17.0 Å². The highest BCUT2D eigenvalue weighted by atomic mass is 16.7. The van der Waals surface area contributed by atoms with Crippen LogP contribution in [0.4, 0.5) is 11.6 Å². The molecule has 0 amide bonds. The van der Waals surface area contributed by atoms with Gasteiger partial charge >= 0.3 is 0 Å². The third kappa shape index (κ3) is 4.16. The molecule has 0 bridgehead atoms. The quantitative estimate of drug-likeness (QED) is 0.602. The molecule has 9 nitrogen and oxygen atoms in total. The van der Waals surface area contributed by atoms with Gasteiger partial charge in [-0.25, -0.2) is 14.5 Å². The molecular weight excluding hydrogens is 370 g/mol. The molecule has 1 N–H and O–H groups in total. The third-order valence-electron chi connectivity index (χ3n) is 5.24. The van der Waals surface area contributed by atoms with E-state index in [1.54, 1.807) is 14.2 Å². The molecule has 154 valence electrons. The van der Waals surface area contributed by atoms with Gasteiger partial charge in [0.25, 0.3) is 0 Å². The monoisotopic (exact) mass is 397 g/mol. The first-order valence-corrected chi connectivity index (χ1v) is 9.74. The molecular formula is C20H27N7O2. The standard InChI is InChI=1S/C20H27N7O2/c1-21-17-7-8-18-22-13-16(27(18)24-17)15-5-4-6-19(23-15)26-11-9-25(10-12-26)14-20(28-2)29-3/h4-8,13,20H,9-12,14H2,1-3H3,(H,21,24). The van der Waals surface area contributed by atoms with Crippen molar-refractivity contribution in [2.24, 2.45) is 0 Å². The molecule has 1 saturated heterocycles. The summed E-state index contributed by atoms with van der Waals surface area (Å²) in [6.07, 6.45) is 1.63. The summed E-state index contributed by atoms with van der Waals surface area (Å²) in [4.78, 5) is 14.0. The summed E-state index contributed by atoms with van der Waals surface area (Å²) < 4.78 is 12.5. The number of anilines is 2. The maximum absolute atomic E-state index is 5.31. The Bertz CT molecular complexity index is 949. The fourth-order valence-electron chi connectivity index (χ4n) is 3.54. The highest BCUT2D eigenvalue weighted by Gasteiger charge is 2.21. The van der Waals surface area contributed by atoms with Gasteiger partial charge in [-0.1, -0.05) is 6.07 Å². The Balaban J connectivity index is 1.50. The fraction of sp³-hybridized carbons (Fsp3) is 0.450. The largest absolute Gasteiger partial charge is 0.372 e. The lowest BCUT2D eigenvalue weighted by Gasteiger charge is -2.36. The summed E-state index contributed by atoms with van der Waals surface area (Å²) in [5.74, 6) is 1.76. The van der Waals surface area contributed by atoms with E-state index >= 15 is 0 Å². The number of ether oxygens (including phenoxy) is 2. The Kier molecular flexibility index (Phi) is 5.89. The highest BCUT2D eigenvalue weighted by Crippen LogP contribution is 2.23. The molecule has 0 spiro atoms. The number of hydrogen-bond donors (Lipinski definition) is 1. The van der Waals surface area contributed by atoms with Crippen LogP contribution in [0.5, 0.6) is 0 Å². The Morgan fingerprint density at radius 1 is 1.07 bits per heavy atom. The second-order valence-electron chi connectivity index (χ2n) is 6.95. The Labute approximate surface area is 170 Å². The van der Waals surface area contributed by atoms with Gasteiger partial charge in [-0.15, -0.1) is 5.10 Å². The molecule has 9 heteroatoms. The van der Waals surface area contributed by atoms with Gasteiger partial charge in [0.15, 0.2) is 11.9 Å². The minimum atomic E-state index is -0.187. The third-order valence-corrected chi connectivity index (χ3v) is 5.24. The van der Waals surface area contributed by atoms with E-state index in [4.69, 9.17) is 14.5 Å². The predicted molar refractivity (Wildman–Crippen MR) is 112 cm³/mol. The molecule has 0 unspecified atom stereocenters. The number of fused-ring (bicyclic) bond motifs is 1. The van der Waals surface area contributed by atoms with Crippen LogP contribution in [0, 0.1) is 0 Å². The summed E-state index contributed by atoms with van der Waals surface area (Å²) >= 11 is 0. The molecule has 4 rings (SSSR count). The first-order chi connectivity index (χ1) is 14.2. The van der Waals surface area contributed by atoms with E-state index in [1.807, 2.05) is 42.0 Å². The van der Waals surface area contributed by atoms with E-state index in [0.717, 1.165) is 61.4 Å². The Hall–Kier alpha value is -2.75. The molecule has 0 saturated carbocycles. The molecule has 29 heavy (non-hydrogen) atoms. The number of nitrogens with zero attached hydrogens (tertiary/aromatic N) is 6. The lowest BCUT2D eigenvalue weighted by Crippen LogP contribution is -2.49. The second-order valence-corrected chi connectivity index (χ2v) is 6.95. The van der Waals surface area contributed by atoms with E-state index < -0.39 is 0 Å². The van der Waals surface area contributed by atoms with Crippen molar-refractivity contribution in [2.75, 3.05) is 64.2 Å². The molecule has 4 heterocycles. The van der Waals surface area contributed by atoms with E-state index in [2.05, 4.69) is 31.3 Å². The number of pyridine rings is 1. The van der Waals surface area contributed by atoms with Gasteiger partial charge in [-0.05, 0) is 24.3 Å². The van der Waals surface area contributed by atoms with Crippen molar-refractivity contribution in [3.63, 3.8) is 0 Å². The Morgan fingerprint density at radius 3 is 2.59 bits per heavy atom. The Morgan fingerprint density at radius 2 is 1.86 bits per heavy atom. The fourth-order valence-corrected chi connectivity index (χ4v) is 3.54. The molecule has 1 fully saturated rings. The van der Waals surface area contributed by atoms with Crippen LogP contribution in [0.2, 0.25) is 0 Å². The van der Waals surface area contributed by atoms with Crippen molar-refractivity contribution < 1.29 is 9.47 Å². The van der Waals surface area contributed by atoms with Gasteiger partial charge < -0.3 is 19.7 Å². The average molecular weight is 397 g/mol. The minimum absolute atomic E-state index is 0.187. The molecule has 3 aromatic rings. The van der Waals surface area contributed by atoms with E-state index in [9.17, 15) is 0 Å². The first-order valence-electron chi connectivity index (χ1n) is 9.74. The van der Waals surface area contributed by atoms with Gasteiger partial charge in [0.1, 0.15) is 17.3 Å². The van der Waals surface area contributed by atoms with Gasteiger partial charge in [0.05, 0.1) is 11.9 Å². The molecule has 3 aromatic heterocycles. The topological polar surface area (TPSA) is 80.1 Å².